The summed E-state index contributed by atoms with van der Waals surface area (Å²) in [6, 6.07) is 9.31. The van der Waals surface area contributed by atoms with Crippen LogP contribution in [-0.4, -0.2) is 34.4 Å². The Hall–Kier alpha value is -3.12. The Balaban J connectivity index is 1.79. The van der Waals surface area contributed by atoms with Gasteiger partial charge in [0.25, 0.3) is 0 Å². The van der Waals surface area contributed by atoms with Crippen LogP contribution in [0.5, 0.6) is 0 Å². The number of nitrogens with zero attached hydrogens (tertiary/aromatic N) is 3. The number of nitrogens with one attached hydrogen (secondary N) is 1. The van der Waals surface area contributed by atoms with Gasteiger partial charge < -0.3 is 0 Å². The average molecular weight is 372 g/mol. The Morgan fingerprint density at radius 3 is 2.61 bits per heavy atom. The molecule has 0 spiro atoms. The molecule has 0 radical (unpaired) electrons. The van der Waals surface area contributed by atoms with Gasteiger partial charge in [-0.25, -0.2) is 0 Å². The maximum Gasteiger partial charge on any atom is 0.225 e. The Morgan fingerprint density at radius 1 is 1.11 bits per heavy atom. The molecule has 140 valence electrons. The first kappa shape index (κ1) is 17.0. The molecule has 1 atom stereocenters. The van der Waals surface area contributed by atoms with Crippen molar-refractivity contribution in [3.63, 3.8) is 0 Å². The number of carbonyl (C=O) groups excluding carboxylic acids is 2. The minimum absolute atomic E-state index is 0.0515. The molecular formula is C22H20N4O2. The van der Waals surface area contributed by atoms with E-state index < -0.39 is 0 Å². The Bertz CT molecular complexity index is 1110. The summed E-state index contributed by atoms with van der Waals surface area (Å²) < 4.78 is 0. The van der Waals surface area contributed by atoms with Crippen LogP contribution in [-0.2, 0) is 4.79 Å². The number of amides is 1. The Kier molecular flexibility index (Phi) is 3.94. The zero-order valence-electron chi connectivity index (χ0n) is 15.6. The van der Waals surface area contributed by atoms with Crippen LogP contribution in [0.4, 0.5) is 5.69 Å². The summed E-state index contributed by atoms with van der Waals surface area (Å²) in [5.41, 5.74) is 3.14. The van der Waals surface area contributed by atoms with Gasteiger partial charge in [-0.2, -0.15) is 0 Å². The predicted octanol–water partition coefficient (Wildman–Crippen LogP) is 3.29. The smallest absolute Gasteiger partial charge is 0.225 e. The summed E-state index contributed by atoms with van der Waals surface area (Å²) in [5, 5.41) is 5.13. The van der Waals surface area contributed by atoms with Crippen LogP contribution in [0, 0.1) is 0 Å². The van der Waals surface area contributed by atoms with Crippen LogP contribution < -0.4 is 10.2 Å². The molecule has 1 fully saturated rings. The molecule has 5 rings (SSSR count). The van der Waals surface area contributed by atoms with Crippen molar-refractivity contribution in [1.82, 2.24) is 15.3 Å². The van der Waals surface area contributed by atoms with E-state index in [1.54, 1.807) is 30.3 Å². The molecule has 1 N–H and O–H groups in total. The third kappa shape index (κ3) is 2.45. The summed E-state index contributed by atoms with van der Waals surface area (Å²) in [4.78, 5) is 36.6. The highest BCUT2D eigenvalue weighted by atomic mass is 16.2. The number of carbonyl (C=O) groups is 2. The van der Waals surface area contributed by atoms with Crippen molar-refractivity contribution in [2.75, 3.05) is 11.4 Å². The number of ketones is 1. The zero-order chi connectivity index (χ0) is 19.3. The monoisotopic (exact) mass is 372 g/mol. The fourth-order valence-electron chi connectivity index (χ4n) is 4.40. The summed E-state index contributed by atoms with van der Waals surface area (Å²) in [6.07, 6.45) is 6.37. The lowest BCUT2D eigenvalue weighted by Gasteiger charge is -2.36. The topological polar surface area (TPSA) is 75.2 Å². The van der Waals surface area contributed by atoms with Crippen molar-refractivity contribution in [3.8, 4) is 11.3 Å². The van der Waals surface area contributed by atoms with Gasteiger partial charge in [0, 0.05) is 35.8 Å². The molecule has 1 aliphatic carbocycles. The lowest BCUT2D eigenvalue weighted by molar-refractivity contribution is -0.117. The molecule has 3 aromatic rings. The van der Waals surface area contributed by atoms with Gasteiger partial charge in [-0.15, -0.1) is 0 Å². The first-order valence-electron chi connectivity index (χ1n) is 9.62. The van der Waals surface area contributed by atoms with E-state index in [-0.39, 0.29) is 17.9 Å². The Morgan fingerprint density at radius 2 is 1.89 bits per heavy atom. The van der Waals surface area contributed by atoms with Gasteiger partial charge in [-0.05, 0) is 49.4 Å². The number of hydrogen-bond acceptors (Lipinski definition) is 5. The predicted molar refractivity (Wildman–Crippen MR) is 107 cm³/mol. The van der Waals surface area contributed by atoms with E-state index in [1.165, 1.54) is 0 Å². The SMILES string of the molecule is CC(=O)N(c1cccc2c1-c1nccc3ccnc(c13)C2=O)C1CCCCN1. The van der Waals surface area contributed by atoms with Crippen LogP contribution in [0.3, 0.4) is 0 Å². The van der Waals surface area contributed by atoms with E-state index in [9.17, 15) is 9.59 Å². The minimum Gasteiger partial charge on any atom is -0.297 e. The van der Waals surface area contributed by atoms with Gasteiger partial charge >= 0.3 is 0 Å². The van der Waals surface area contributed by atoms with Gasteiger partial charge in [0.15, 0.2) is 0 Å². The van der Waals surface area contributed by atoms with Crippen molar-refractivity contribution >= 4 is 28.2 Å². The largest absolute Gasteiger partial charge is 0.297 e. The van der Waals surface area contributed by atoms with Gasteiger partial charge in [0.2, 0.25) is 11.7 Å². The molecule has 3 heterocycles. The third-order valence-electron chi connectivity index (χ3n) is 5.61. The molecule has 1 unspecified atom stereocenters. The van der Waals surface area contributed by atoms with Crippen molar-refractivity contribution in [2.24, 2.45) is 0 Å². The quantitative estimate of drug-likeness (QED) is 0.584. The standard InChI is InChI=1S/C22H20N4O2/c1-13(27)26(17-7-2-3-10-23-17)16-6-4-5-15-19(16)20-18-14(8-11-24-20)9-12-25-21(18)22(15)28/h4-6,8-9,11-12,17,23H,2-3,7,10H2,1H3. The number of rotatable bonds is 2. The van der Waals surface area contributed by atoms with E-state index in [1.807, 2.05) is 24.3 Å². The zero-order valence-corrected chi connectivity index (χ0v) is 15.6. The molecule has 28 heavy (non-hydrogen) atoms. The summed E-state index contributed by atoms with van der Waals surface area (Å²) in [7, 11) is 0. The normalized spacial score (nSPS) is 18.0. The maximum absolute atomic E-state index is 13.2. The first-order chi connectivity index (χ1) is 13.7. The number of hydrogen-bond donors (Lipinski definition) is 1. The second-order valence-electron chi connectivity index (χ2n) is 7.30. The van der Waals surface area contributed by atoms with Crippen LogP contribution in [0.1, 0.15) is 42.2 Å². The molecule has 1 aromatic carbocycles. The highest BCUT2D eigenvalue weighted by molar-refractivity contribution is 6.25. The lowest BCUT2D eigenvalue weighted by Crippen LogP contribution is -2.50. The molecule has 0 bridgehead atoms. The molecule has 0 saturated carbocycles. The number of benzene rings is 1. The average Bonchev–Trinajstić information content (AvgIpc) is 2.72. The van der Waals surface area contributed by atoms with Crippen molar-refractivity contribution < 1.29 is 9.59 Å². The highest BCUT2D eigenvalue weighted by Crippen LogP contribution is 2.43. The molecule has 1 saturated heterocycles. The third-order valence-corrected chi connectivity index (χ3v) is 5.61. The molecule has 2 aromatic heterocycles. The number of pyridine rings is 2. The molecule has 6 nitrogen and oxygen atoms in total. The van der Waals surface area contributed by atoms with Gasteiger partial charge in [0.1, 0.15) is 5.69 Å². The summed E-state index contributed by atoms with van der Waals surface area (Å²) >= 11 is 0. The van der Waals surface area contributed by atoms with Gasteiger partial charge in [0.05, 0.1) is 17.5 Å². The number of aromatic nitrogens is 2. The van der Waals surface area contributed by atoms with Crippen molar-refractivity contribution in [2.45, 2.75) is 32.4 Å². The highest BCUT2D eigenvalue weighted by Gasteiger charge is 2.33. The first-order valence-corrected chi connectivity index (χ1v) is 9.62. The molecular weight excluding hydrogens is 352 g/mol. The second-order valence-corrected chi connectivity index (χ2v) is 7.30. The van der Waals surface area contributed by atoms with E-state index in [0.717, 1.165) is 47.8 Å². The van der Waals surface area contributed by atoms with Gasteiger partial charge in [-0.1, -0.05) is 12.1 Å². The van der Waals surface area contributed by atoms with Crippen LogP contribution >= 0.6 is 0 Å². The van der Waals surface area contributed by atoms with E-state index in [4.69, 9.17) is 0 Å². The van der Waals surface area contributed by atoms with Crippen molar-refractivity contribution in [3.05, 3.63) is 54.0 Å². The fraction of sp³-hybridized carbons (Fsp3) is 0.273. The lowest BCUT2D eigenvalue weighted by atomic mass is 9.87. The maximum atomic E-state index is 13.2. The summed E-state index contributed by atoms with van der Waals surface area (Å²) in [6.45, 7) is 2.45. The Labute approximate surface area is 162 Å². The van der Waals surface area contributed by atoms with Gasteiger partial charge in [-0.3, -0.25) is 29.8 Å². The van der Waals surface area contributed by atoms with Crippen LogP contribution in [0.2, 0.25) is 0 Å². The number of anilines is 1. The minimum atomic E-state index is -0.122. The van der Waals surface area contributed by atoms with Crippen LogP contribution in [0.25, 0.3) is 22.0 Å². The number of piperidine rings is 1. The van der Waals surface area contributed by atoms with E-state index >= 15 is 0 Å². The van der Waals surface area contributed by atoms with Crippen LogP contribution in [0.15, 0.2) is 42.7 Å². The molecule has 6 heteroatoms. The molecule has 1 aliphatic heterocycles. The summed E-state index contributed by atoms with van der Waals surface area (Å²) in [5.74, 6) is -0.174. The van der Waals surface area contributed by atoms with E-state index in [2.05, 4.69) is 15.3 Å². The number of fused-ring (bicyclic) bond motifs is 2. The molecule has 2 aliphatic rings. The fourth-order valence-corrected chi connectivity index (χ4v) is 4.40. The second kappa shape index (κ2) is 6.49. The van der Waals surface area contributed by atoms with Crippen molar-refractivity contribution in [1.29, 1.82) is 0 Å². The van der Waals surface area contributed by atoms with E-state index in [0.29, 0.717) is 17.0 Å². The molecule has 1 amide bonds.